The fourth-order valence-electron chi connectivity index (χ4n) is 4.76. The van der Waals surface area contributed by atoms with Crippen LogP contribution in [0.3, 0.4) is 0 Å². The van der Waals surface area contributed by atoms with Gasteiger partial charge < -0.3 is 29.2 Å². The molecule has 4 rings (SSSR count). The van der Waals surface area contributed by atoms with Crippen molar-refractivity contribution in [3.63, 3.8) is 0 Å². The number of hydrogen-bond donors (Lipinski definition) is 2. The molecule has 0 radical (unpaired) electrons. The van der Waals surface area contributed by atoms with E-state index in [2.05, 4.69) is 5.32 Å². The summed E-state index contributed by atoms with van der Waals surface area (Å²) in [7, 11) is 1.60. The summed E-state index contributed by atoms with van der Waals surface area (Å²) in [6.45, 7) is 3.99. The maximum atomic E-state index is 13.7. The maximum Gasteiger partial charge on any atom is 0.305 e. The van der Waals surface area contributed by atoms with Gasteiger partial charge in [-0.3, -0.25) is 14.4 Å². The maximum absolute atomic E-state index is 13.7. The Kier molecular flexibility index (Phi) is 8.91. The van der Waals surface area contributed by atoms with Crippen LogP contribution in [0.4, 0.5) is 0 Å². The number of hydrogen-bond acceptors (Lipinski definition) is 6. The van der Waals surface area contributed by atoms with Crippen LogP contribution in [-0.4, -0.2) is 35.5 Å². The molecular weight excluding hydrogens is 500 g/mol. The summed E-state index contributed by atoms with van der Waals surface area (Å²) < 4.78 is 17.5. The van der Waals surface area contributed by atoms with E-state index in [1.807, 2.05) is 44.2 Å². The molecule has 0 aliphatic carbocycles. The molecule has 1 aliphatic rings. The molecule has 39 heavy (non-hydrogen) atoms. The van der Waals surface area contributed by atoms with E-state index in [0.29, 0.717) is 35.5 Å². The smallest absolute Gasteiger partial charge is 0.305 e. The minimum absolute atomic E-state index is 0.0863. The molecule has 2 N–H and O–H groups in total. The molecule has 1 aliphatic heterocycles. The molecule has 0 saturated heterocycles. The zero-order valence-corrected chi connectivity index (χ0v) is 22.4. The summed E-state index contributed by atoms with van der Waals surface area (Å²) in [5, 5.41) is 12.5. The molecule has 2 heterocycles. The predicted molar refractivity (Wildman–Crippen MR) is 146 cm³/mol. The quantitative estimate of drug-likeness (QED) is 0.350. The third kappa shape index (κ3) is 6.79. The highest BCUT2D eigenvalue weighted by atomic mass is 16.7. The van der Waals surface area contributed by atoms with Gasteiger partial charge in [-0.05, 0) is 60.4 Å². The van der Waals surface area contributed by atoms with Crippen molar-refractivity contribution >= 4 is 11.9 Å². The number of carboxylic acids is 1. The monoisotopic (exact) mass is 534 g/mol. The lowest BCUT2D eigenvalue weighted by Gasteiger charge is -2.25. The number of aromatic nitrogens is 1. The minimum atomic E-state index is -1.06. The van der Waals surface area contributed by atoms with Gasteiger partial charge in [-0.25, -0.2) is 0 Å². The molecule has 0 saturated carbocycles. The number of carboxylic acid groups (broad SMARTS) is 1. The first-order valence-electron chi connectivity index (χ1n) is 13.0. The van der Waals surface area contributed by atoms with Crippen LogP contribution < -0.4 is 25.1 Å². The van der Waals surface area contributed by atoms with Gasteiger partial charge in [-0.2, -0.15) is 0 Å². The lowest BCUT2D eigenvalue weighted by atomic mass is 10.0. The van der Waals surface area contributed by atoms with E-state index in [1.165, 1.54) is 4.57 Å². The minimum Gasteiger partial charge on any atom is -0.497 e. The van der Waals surface area contributed by atoms with Crippen LogP contribution in [0.15, 0.2) is 59.5 Å². The number of amides is 1. The molecule has 9 nitrogen and oxygen atoms in total. The molecule has 1 amide bonds. The second kappa shape index (κ2) is 12.5. The van der Waals surface area contributed by atoms with Crippen LogP contribution in [0.1, 0.15) is 66.9 Å². The van der Waals surface area contributed by atoms with Crippen molar-refractivity contribution in [2.24, 2.45) is 0 Å². The van der Waals surface area contributed by atoms with E-state index < -0.39 is 24.0 Å². The number of nitrogens with zero attached hydrogens (tertiary/aromatic N) is 1. The van der Waals surface area contributed by atoms with Crippen LogP contribution in [0.5, 0.6) is 17.2 Å². The number of nitrogens with one attached hydrogen (secondary N) is 1. The van der Waals surface area contributed by atoms with Crippen molar-refractivity contribution in [2.75, 3.05) is 13.9 Å². The average molecular weight is 535 g/mol. The number of benzene rings is 2. The SMILES string of the molecule is CCCCC(C(=O)N[C@@H](CC(=O)O)c1ccc2c(c1)OCO2)n1cc(C)cc(Cc2ccc(OC)cc2)c1=O. The fraction of sp³-hybridized carbons (Fsp3) is 0.367. The van der Waals surface area contributed by atoms with Crippen LogP contribution in [-0.2, 0) is 16.0 Å². The molecule has 206 valence electrons. The lowest BCUT2D eigenvalue weighted by Crippen LogP contribution is -2.40. The van der Waals surface area contributed by atoms with E-state index in [9.17, 15) is 19.5 Å². The lowest BCUT2D eigenvalue weighted by molar-refractivity contribution is -0.138. The zero-order chi connectivity index (χ0) is 27.9. The van der Waals surface area contributed by atoms with Crippen molar-refractivity contribution in [1.82, 2.24) is 9.88 Å². The van der Waals surface area contributed by atoms with Gasteiger partial charge in [0, 0.05) is 18.2 Å². The van der Waals surface area contributed by atoms with Gasteiger partial charge in [0.15, 0.2) is 11.5 Å². The van der Waals surface area contributed by atoms with E-state index >= 15 is 0 Å². The van der Waals surface area contributed by atoms with Crippen LogP contribution in [0, 0.1) is 6.92 Å². The highest BCUT2D eigenvalue weighted by Gasteiger charge is 2.27. The molecule has 2 atom stereocenters. The summed E-state index contributed by atoms with van der Waals surface area (Å²) in [4.78, 5) is 39.1. The van der Waals surface area contributed by atoms with Crippen LogP contribution >= 0.6 is 0 Å². The number of carbonyl (C=O) groups excluding carboxylic acids is 1. The third-order valence-corrected chi connectivity index (χ3v) is 6.77. The van der Waals surface area contributed by atoms with Gasteiger partial charge in [0.1, 0.15) is 11.8 Å². The number of carbonyl (C=O) groups is 2. The Hall–Kier alpha value is -4.27. The van der Waals surface area contributed by atoms with Crippen molar-refractivity contribution in [1.29, 1.82) is 0 Å². The Morgan fingerprint density at radius 3 is 2.54 bits per heavy atom. The first kappa shape index (κ1) is 27.8. The van der Waals surface area contributed by atoms with Crippen molar-refractivity contribution < 1.29 is 28.9 Å². The number of pyridine rings is 1. The van der Waals surface area contributed by atoms with Crippen molar-refractivity contribution in [3.8, 4) is 17.2 Å². The Bertz CT molecular complexity index is 1380. The van der Waals surface area contributed by atoms with E-state index in [-0.39, 0.29) is 18.8 Å². The molecule has 9 heteroatoms. The highest BCUT2D eigenvalue weighted by molar-refractivity contribution is 5.81. The number of ether oxygens (including phenoxy) is 3. The Morgan fingerprint density at radius 2 is 1.85 bits per heavy atom. The summed E-state index contributed by atoms with van der Waals surface area (Å²) in [5.41, 5.74) is 2.72. The largest absolute Gasteiger partial charge is 0.497 e. The molecule has 1 aromatic heterocycles. The molecule has 3 aromatic rings. The number of unbranched alkanes of at least 4 members (excludes halogenated alkanes) is 1. The third-order valence-electron chi connectivity index (χ3n) is 6.77. The first-order chi connectivity index (χ1) is 18.8. The number of methoxy groups -OCH3 is 1. The molecule has 1 unspecified atom stereocenters. The van der Waals surface area contributed by atoms with Gasteiger partial charge in [-0.1, -0.05) is 38.0 Å². The second-order valence-corrected chi connectivity index (χ2v) is 9.71. The Balaban J connectivity index is 1.64. The highest BCUT2D eigenvalue weighted by Crippen LogP contribution is 2.35. The van der Waals surface area contributed by atoms with Gasteiger partial charge in [0.25, 0.3) is 5.56 Å². The standard InChI is InChI=1S/C30H34N2O7/c1-4-5-6-25(29(35)31-24(16-28(33)34)21-9-12-26-27(15-21)39-18-38-26)32-17-19(2)13-22(30(32)36)14-20-7-10-23(37-3)11-8-20/h7-13,15,17,24-25H,4-6,14,16,18H2,1-3H3,(H,31,35)(H,33,34)/t24-,25?/m0/s1. The van der Waals surface area contributed by atoms with E-state index in [0.717, 1.165) is 29.7 Å². The summed E-state index contributed by atoms with van der Waals surface area (Å²) >= 11 is 0. The molecule has 0 bridgehead atoms. The number of aliphatic carboxylic acids is 1. The molecule has 0 spiro atoms. The van der Waals surface area contributed by atoms with Crippen LogP contribution in [0.25, 0.3) is 0 Å². The van der Waals surface area contributed by atoms with Gasteiger partial charge in [0.05, 0.1) is 19.6 Å². The predicted octanol–water partition coefficient (Wildman–Crippen LogP) is 4.55. The fourth-order valence-corrected chi connectivity index (χ4v) is 4.76. The van der Waals surface area contributed by atoms with Gasteiger partial charge in [0.2, 0.25) is 12.7 Å². The molecule has 0 fully saturated rings. The first-order valence-corrected chi connectivity index (χ1v) is 13.0. The summed E-state index contributed by atoms with van der Waals surface area (Å²) in [5.74, 6) is 0.330. The Labute approximate surface area is 227 Å². The van der Waals surface area contributed by atoms with Gasteiger partial charge >= 0.3 is 5.97 Å². The topological polar surface area (TPSA) is 116 Å². The number of rotatable bonds is 12. The van der Waals surface area contributed by atoms with Crippen LogP contribution in [0.2, 0.25) is 0 Å². The summed E-state index contributed by atoms with van der Waals surface area (Å²) in [6.07, 6.45) is 3.79. The Morgan fingerprint density at radius 1 is 1.10 bits per heavy atom. The molecule has 2 aromatic carbocycles. The normalized spacial score (nSPS) is 13.5. The number of fused-ring (bicyclic) bond motifs is 1. The van der Waals surface area contributed by atoms with Gasteiger partial charge in [-0.15, -0.1) is 0 Å². The molecular formula is C30H34N2O7. The second-order valence-electron chi connectivity index (χ2n) is 9.71. The van der Waals surface area contributed by atoms with E-state index in [1.54, 1.807) is 31.5 Å². The number of aryl methyl sites for hydroxylation is 1. The van der Waals surface area contributed by atoms with Crippen molar-refractivity contribution in [2.45, 2.75) is 58.0 Å². The average Bonchev–Trinajstić information content (AvgIpc) is 3.39. The zero-order valence-electron chi connectivity index (χ0n) is 22.4. The van der Waals surface area contributed by atoms with Crippen molar-refractivity contribution in [3.05, 3.63) is 87.3 Å². The van der Waals surface area contributed by atoms with E-state index in [4.69, 9.17) is 14.2 Å². The summed E-state index contributed by atoms with van der Waals surface area (Å²) in [6, 6.07) is 12.9.